The van der Waals surface area contributed by atoms with Gasteiger partial charge in [0.05, 0.1) is 11.7 Å². The van der Waals surface area contributed by atoms with E-state index in [-0.39, 0.29) is 5.69 Å². The van der Waals surface area contributed by atoms with Gasteiger partial charge < -0.3 is 14.5 Å². The van der Waals surface area contributed by atoms with Gasteiger partial charge in [-0.3, -0.25) is 0 Å². The third-order valence-corrected chi connectivity index (χ3v) is 3.20. The van der Waals surface area contributed by atoms with Gasteiger partial charge in [-0.2, -0.15) is 0 Å². The lowest BCUT2D eigenvalue weighted by Crippen LogP contribution is -2.25. The second-order valence-electron chi connectivity index (χ2n) is 4.45. The number of carbonyl (C=O) groups excluding carboxylic acids is 1. The molecule has 0 N–H and O–H groups in total. The summed E-state index contributed by atoms with van der Waals surface area (Å²) in [6.45, 7) is 0.525. The molecule has 0 unspecified atom stereocenters. The average Bonchev–Trinajstić information content (AvgIpc) is 2.79. The zero-order valence-electron chi connectivity index (χ0n) is 10.2. The Kier molecular flexibility index (Phi) is 2.80. The number of hydrogen-bond donors (Lipinski definition) is 0. The third-order valence-electron chi connectivity index (χ3n) is 3.20. The summed E-state index contributed by atoms with van der Waals surface area (Å²) in [6, 6.07) is 19.1. The lowest BCUT2D eigenvalue weighted by atomic mass is 10.2. The molecule has 2 aromatic carbocycles. The summed E-state index contributed by atoms with van der Waals surface area (Å²) in [4.78, 5) is 11.2. The largest absolute Gasteiger partial charge is 0.543 e. The van der Waals surface area contributed by atoms with Crippen LogP contribution >= 0.6 is 0 Å². The number of hydrogen-bond acceptors (Lipinski definition) is 2. The summed E-state index contributed by atoms with van der Waals surface area (Å²) in [5.74, 6) is -1.15. The van der Waals surface area contributed by atoms with Gasteiger partial charge in [0.2, 0.25) is 0 Å². The molecule has 3 nitrogen and oxygen atoms in total. The minimum atomic E-state index is -1.15. The number of carboxylic acids is 1. The summed E-state index contributed by atoms with van der Waals surface area (Å²) in [5.41, 5.74) is 2.18. The molecule has 0 saturated carbocycles. The number of aromatic nitrogens is 1. The zero-order chi connectivity index (χ0) is 13.2. The van der Waals surface area contributed by atoms with Gasteiger partial charge in [0.15, 0.2) is 0 Å². The SMILES string of the molecule is O=C([O-])c1cc2ccccc2n1Cc1ccccc1. The van der Waals surface area contributed by atoms with Gasteiger partial charge in [0.25, 0.3) is 0 Å². The fourth-order valence-electron chi connectivity index (χ4n) is 2.32. The number of rotatable bonds is 3. The summed E-state index contributed by atoms with van der Waals surface area (Å²) < 4.78 is 1.78. The summed E-state index contributed by atoms with van der Waals surface area (Å²) in [5, 5.41) is 12.2. The minimum absolute atomic E-state index is 0.213. The van der Waals surface area contributed by atoms with Crippen LogP contribution in [0.15, 0.2) is 60.7 Å². The molecule has 0 aliphatic rings. The van der Waals surface area contributed by atoms with Gasteiger partial charge in [0, 0.05) is 17.4 Å². The lowest BCUT2D eigenvalue weighted by Gasteiger charge is -2.11. The maximum Gasteiger partial charge on any atom is 0.0880 e. The molecule has 0 atom stereocenters. The van der Waals surface area contributed by atoms with Crippen LogP contribution in [0.25, 0.3) is 10.9 Å². The van der Waals surface area contributed by atoms with E-state index in [0.29, 0.717) is 6.54 Å². The molecule has 3 aromatic rings. The molecule has 0 aliphatic heterocycles. The van der Waals surface area contributed by atoms with Crippen LogP contribution in [-0.4, -0.2) is 10.5 Å². The molecule has 0 spiro atoms. The lowest BCUT2D eigenvalue weighted by molar-refractivity contribution is -0.255. The Morgan fingerprint density at radius 1 is 1.00 bits per heavy atom. The number of aromatic carboxylic acids is 1. The van der Waals surface area contributed by atoms with Crippen LogP contribution in [0.3, 0.4) is 0 Å². The maximum absolute atomic E-state index is 11.2. The highest BCUT2D eigenvalue weighted by Gasteiger charge is 2.09. The van der Waals surface area contributed by atoms with Gasteiger partial charge in [0.1, 0.15) is 0 Å². The molecule has 94 valence electrons. The monoisotopic (exact) mass is 250 g/mol. The molecule has 0 aliphatic carbocycles. The van der Waals surface area contributed by atoms with E-state index >= 15 is 0 Å². The average molecular weight is 250 g/mol. The Labute approximate surface area is 110 Å². The van der Waals surface area contributed by atoms with Crippen LogP contribution < -0.4 is 5.11 Å². The van der Waals surface area contributed by atoms with Crippen molar-refractivity contribution >= 4 is 16.9 Å². The van der Waals surface area contributed by atoms with Gasteiger partial charge in [-0.05, 0) is 17.7 Å². The summed E-state index contributed by atoms with van der Waals surface area (Å²) in [7, 11) is 0. The highest BCUT2D eigenvalue weighted by Crippen LogP contribution is 2.20. The van der Waals surface area contributed by atoms with Crippen molar-refractivity contribution in [3.8, 4) is 0 Å². The Hall–Kier alpha value is -2.55. The van der Waals surface area contributed by atoms with Crippen molar-refractivity contribution in [1.82, 2.24) is 4.57 Å². The van der Waals surface area contributed by atoms with E-state index in [2.05, 4.69) is 0 Å². The zero-order valence-corrected chi connectivity index (χ0v) is 10.2. The third kappa shape index (κ3) is 2.10. The smallest absolute Gasteiger partial charge is 0.0880 e. The van der Waals surface area contributed by atoms with E-state index < -0.39 is 5.97 Å². The first kappa shape index (κ1) is 11.5. The molecule has 0 saturated heterocycles. The number of carboxylic acid groups (broad SMARTS) is 1. The van der Waals surface area contributed by atoms with E-state index in [1.54, 1.807) is 10.6 Å². The van der Waals surface area contributed by atoms with Crippen molar-refractivity contribution in [2.45, 2.75) is 6.54 Å². The molecule has 0 fully saturated rings. The van der Waals surface area contributed by atoms with Crippen molar-refractivity contribution in [3.63, 3.8) is 0 Å². The molecule has 3 heteroatoms. The van der Waals surface area contributed by atoms with Crippen LogP contribution in [0.4, 0.5) is 0 Å². The standard InChI is InChI=1S/C16H13NO2/c18-16(19)15-10-13-8-4-5-9-14(13)17(15)11-12-6-2-1-3-7-12/h1-10H,11H2,(H,18,19)/p-1. The molecule has 3 rings (SSSR count). The minimum Gasteiger partial charge on any atom is -0.543 e. The van der Waals surface area contributed by atoms with Gasteiger partial charge in [-0.1, -0.05) is 48.5 Å². The Bertz CT molecular complexity index is 729. The first-order valence-corrected chi connectivity index (χ1v) is 6.09. The van der Waals surface area contributed by atoms with Crippen LogP contribution in [0, 0.1) is 0 Å². The topological polar surface area (TPSA) is 45.1 Å². The quantitative estimate of drug-likeness (QED) is 0.714. The second kappa shape index (κ2) is 4.61. The summed E-state index contributed by atoms with van der Waals surface area (Å²) in [6.07, 6.45) is 0. The van der Waals surface area contributed by atoms with Gasteiger partial charge in [-0.25, -0.2) is 0 Å². The number of carbonyl (C=O) groups is 1. The van der Waals surface area contributed by atoms with Crippen molar-refractivity contribution in [3.05, 3.63) is 71.9 Å². The molecule has 0 amide bonds. The van der Waals surface area contributed by atoms with E-state index in [1.807, 2.05) is 54.6 Å². The van der Waals surface area contributed by atoms with Crippen molar-refractivity contribution < 1.29 is 9.90 Å². The molecule has 1 heterocycles. The van der Waals surface area contributed by atoms with Crippen molar-refractivity contribution in [2.24, 2.45) is 0 Å². The van der Waals surface area contributed by atoms with E-state index in [9.17, 15) is 9.90 Å². The second-order valence-corrected chi connectivity index (χ2v) is 4.45. The first-order valence-electron chi connectivity index (χ1n) is 6.09. The highest BCUT2D eigenvalue weighted by molar-refractivity contribution is 5.93. The van der Waals surface area contributed by atoms with Gasteiger partial charge >= 0.3 is 0 Å². The maximum atomic E-state index is 11.2. The first-order chi connectivity index (χ1) is 9.25. The van der Waals surface area contributed by atoms with Crippen LogP contribution in [0.5, 0.6) is 0 Å². The predicted octanol–water partition coefficient (Wildman–Crippen LogP) is 2.05. The predicted molar refractivity (Wildman–Crippen MR) is 71.8 cm³/mol. The Morgan fingerprint density at radius 3 is 2.42 bits per heavy atom. The number of para-hydroxylation sites is 1. The number of fused-ring (bicyclic) bond motifs is 1. The number of nitrogens with zero attached hydrogens (tertiary/aromatic N) is 1. The molecule has 0 radical (unpaired) electrons. The van der Waals surface area contributed by atoms with Crippen LogP contribution in [0.1, 0.15) is 16.1 Å². The molecular formula is C16H12NO2-. The molecular weight excluding hydrogens is 238 g/mol. The van der Waals surface area contributed by atoms with E-state index in [0.717, 1.165) is 16.5 Å². The normalized spacial score (nSPS) is 10.7. The van der Waals surface area contributed by atoms with E-state index in [4.69, 9.17) is 0 Å². The number of benzene rings is 2. The van der Waals surface area contributed by atoms with Crippen molar-refractivity contribution in [1.29, 1.82) is 0 Å². The molecule has 19 heavy (non-hydrogen) atoms. The Balaban J connectivity index is 2.15. The molecule has 1 aromatic heterocycles. The van der Waals surface area contributed by atoms with Crippen LogP contribution in [-0.2, 0) is 6.54 Å². The summed E-state index contributed by atoms with van der Waals surface area (Å²) >= 11 is 0. The van der Waals surface area contributed by atoms with E-state index in [1.165, 1.54) is 0 Å². The van der Waals surface area contributed by atoms with Gasteiger partial charge in [-0.15, -0.1) is 0 Å². The Morgan fingerprint density at radius 2 is 1.68 bits per heavy atom. The molecule has 0 bridgehead atoms. The fraction of sp³-hybridized carbons (Fsp3) is 0.0625. The fourth-order valence-corrected chi connectivity index (χ4v) is 2.32. The highest BCUT2D eigenvalue weighted by atomic mass is 16.4. The van der Waals surface area contributed by atoms with Crippen molar-refractivity contribution in [2.75, 3.05) is 0 Å². The van der Waals surface area contributed by atoms with Crippen LogP contribution in [0.2, 0.25) is 0 Å².